The Labute approximate surface area is 165 Å². The molecular weight excluding hydrogens is 348 g/mol. The summed E-state index contributed by atoms with van der Waals surface area (Å²) in [5.74, 6) is 2.67. The average molecular weight is 372 g/mol. The van der Waals surface area contributed by atoms with E-state index >= 15 is 0 Å². The number of imidazole rings is 1. The maximum atomic E-state index is 6.05. The molecule has 1 heterocycles. The van der Waals surface area contributed by atoms with Crippen molar-refractivity contribution in [1.29, 1.82) is 0 Å². The van der Waals surface area contributed by atoms with E-state index in [0.29, 0.717) is 19.8 Å². The van der Waals surface area contributed by atoms with E-state index in [2.05, 4.69) is 29.7 Å². The van der Waals surface area contributed by atoms with E-state index in [1.165, 1.54) is 5.56 Å². The van der Waals surface area contributed by atoms with Gasteiger partial charge in [-0.25, -0.2) is 4.98 Å². The first-order valence-corrected chi connectivity index (χ1v) is 9.53. The van der Waals surface area contributed by atoms with E-state index in [4.69, 9.17) is 14.5 Å². The number of para-hydroxylation sites is 3. The number of ether oxygens (including phenoxy) is 2. The van der Waals surface area contributed by atoms with Crippen LogP contribution < -0.4 is 9.47 Å². The molecular formula is C24H24N2O2. The minimum absolute atomic E-state index is 0.421. The van der Waals surface area contributed by atoms with Crippen molar-refractivity contribution in [2.24, 2.45) is 0 Å². The van der Waals surface area contributed by atoms with Gasteiger partial charge in [0, 0.05) is 0 Å². The van der Waals surface area contributed by atoms with Gasteiger partial charge in [0.1, 0.15) is 30.5 Å². The molecule has 142 valence electrons. The highest BCUT2D eigenvalue weighted by atomic mass is 16.5. The van der Waals surface area contributed by atoms with Gasteiger partial charge >= 0.3 is 0 Å². The van der Waals surface area contributed by atoms with Crippen molar-refractivity contribution in [3.05, 3.63) is 89.7 Å². The van der Waals surface area contributed by atoms with Crippen LogP contribution in [0.4, 0.5) is 0 Å². The van der Waals surface area contributed by atoms with E-state index in [9.17, 15) is 0 Å². The minimum atomic E-state index is 0.421. The van der Waals surface area contributed by atoms with Gasteiger partial charge in [-0.1, -0.05) is 48.0 Å². The van der Waals surface area contributed by atoms with Crippen LogP contribution in [0.25, 0.3) is 11.0 Å². The highest BCUT2D eigenvalue weighted by Crippen LogP contribution is 2.21. The van der Waals surface area contributed by atoms with Gasteiger partial charge in [0.25, 0.3) is 0 Å². The van der Waals surface area contributed by atoms with Crippen LogP contribution in [0.2, 0.25) is 0 Å². The second kappa shape index (κ2) is 8.17. The second-order valence-electron chi connectivity index (χ2n) is 6.88. The molecule has 3 aromatic carbocycles. The number of aromatic nitrogens is 2. The van der Waals surface area contributed by atoms with Crippen molar-refractivity contribution in [2.75, 3.05) is 6.61 Å². The number of aryl methyl sites for hydroxylation is 2. The van der Waals surface area contributed by atoms with Crippen molar-refractivity contribution < 1.29 is 9.47 Å². The zero-order valence-electron chi connectivity index (χ0n) is 16.3. The first-order valence-electron chi connectivity index (χ1n) is 9.53. The summed E-state index contributed by atoms with van der Waals surface area (Å²) in [6.45, 7) is 5.82. The van der Waals surface area contributed by atoms with Crippen molar-refractivity contribution in [3.63, 3.8) is 0 Å². The summed E-state index contributed by atoms with van der Waals surface area (Å²) in [7, 11) is 0. The normalized spacial score (nSPS) is 10.9. The number of rotatable bonds is 7. The minimum Gasteiger partial charge on any atom is -0.492 e. The lowest BCUT2D eigenvalue weighted by atomic mass is 10.2. The highest BCUT2D eigenvalue weighted by Gasteiger charge is 2.12. The molecule has 0 N–H and O–H groups in total. The van der Waals surface area contributed by atoms with Crippen LogP contribution in [0.3, 0.4) is 0 Å². The largest absolute Gasteiger partial charge is 0.492 e. The average Bonchev–Trinajstić information content (AvgIpc) is 3.06. The van der Waals surface area contributed by atoms with Gasteiger partial charge in [0.2, 0.25) is 0 Å². The maximum Gasteiger partial charge on any atom is 0.148 e. The molecule has 0 fully saturated rings. The Kier molecular flexibility index (Phi) is 5.29. The van der Waals surface area contributed by atoms with Crippen LogP contribution in [0.5, 0.6) is 11.5 Å². The maximum absolute atomic E-state index is 6.05. The zero-order chi connectivity index (χ0) is 19.3. The molecule has 0 unspecified atom stereocenters. The fourth-order valence-electron chi connectivity index (χ4n) is 3.24. The van der Waals surface area contributed by atoms with Crippen LogP contribution in [0.1, 0.15) is 17.0 Å². The Balaban J connectivity index is 1.51. The van der Waals surface area contributed by atoms with Crippen LogP contribution in [-0.2, 0) is 13.2 Å². The summed E-state index contributed by atoms with van der Waals surface area (Å²) in [6.07, 6.45) is 0. The molecule has 0 aliphatic rings. The molecule has 28 heavy (non-hydrogen) atoms. The summed E-state index contributed by atoms with van der Waals surface area (Å²) in [5.41, 5.74) is 4.41. The third-order valence-corrected chi connectivity index (χ3v) is 4.79. The monoisotopic (exact) mass is 372 g/mol. The Bertz CT molecular complexity index is 1070. The zero-order valence-corrected chi connectivity index (χ0v) is 16.3. The van der Waals surface area contributed by atoms with Crippen molar-refractivity contribution in [1.82, 2.24) is 9.55 Å². The molecule has 4 nitrogen and oxygen atoms in total. The lowest BCUT2D eigenvalue weighted by molar-refractivity contribution is 0.271. The van der Waals surface area contributed by atoms with E-state index in [0.717, 1.165) is 33.9 Å². The summed E-state index contributed by atoms with van der Waals surface area (Å²) in [6, 6.07) is 24.3. The van der Waals surface area contributed by atoms with Gasteiger partial charge in [0.15, 0.2) is 0 Å². The molecule has 0 spiro atoms. The van der Waals surface area contributed by atoms with Crippen LogP contribution in [0.15, 0.2) is 72.8 Å². The number of fused-ring (bicyclic) bond motifs is 1. The number of nitrogens with zero attached hydrogens (tertiary/aromatic N) is 2. The highest BCUT2D eigenvalue weighted by molar-refractivity contribution is 5.75. The Morgan fingerprint density at radius 2 is 1.57 bits per heavy atom. The standard InChI is InChI=1S/C24H24N2O2/c1-18-11-13-20(14-12-18)27-16-15-26-22-9-5-4-8-21(22)25-24(26)17-28-23-10-6-3-7-19(23)2/h3-14H,15-17H2,1-2H3. The van der Waals surface area contributed by atoms with Gasteiger partial charge in [-0.15, -0.1) is 0 Å². The van der Waals surface area contributed by atoms with Crippen molar-refractivity contribution in [3.8, 4) is 11.5 Å². The lowest BCUT2D eigenvalue weighted by Gasteiger charge is -2.12. The molecule has 0 saturated carbocycles. The molecule has 0 atom stereocenters. The molecule has 0 radical (unpaired) electrons. The van der Waals surface area contributed by atoms with E-state index in [1.54, 1.807) is 0 Å². The molecule has 0 bridgehead atoms. The number of hydrogen-bond donors (Lipinski definition) is 0. The van der Waals surface area contributed by atoms with Gasteiger partial charge in [-0.3, -0.25) is 0 Å². The fraction of sp³-hybridized carbons (Fsp3) is 0.208. The quantitative estimate of drug-likeness (QED) is 0.441. The van der Waals surface area contributed by atoms with E-state index < -0.39 is 0 Å². The SMILES string of the molecule is Cc1ccc(OCCn2c(COc3ccccc3C)nc3ccccc32)cc1. The Morgan fingerprint density at radius 3 is 2.39 bits per heavy atom. The predicted molar refractivity (Wildman–Crippen MR) is 112 cm³/mol. The van der Waals surface area contributed by atoms with Crippen LogP contribution >= 0.6 is 0 Å². The van der Waals surface area contributed by atoms with Crippen LogP contribution in [0, 0.1) is 13.8 Å². The predicted octanol–water partition coefficient (Wildman–Crippen LogP) is 5.31. The number of benzene rings is 3. The van der Waals surface area contributed by atoms with E-state index in [-0.39, 0.29) is 0 Å². The number of hydrogen-bond acceptors (Lipinski definition) is 3. The third kappa shape index (κ3) is 4.01. The van der Waals surface area contributed by atoms with Gasteiger partial charge in [-0.05, 0) is 49.7 Å². The van der Waals surface area contributed by atoms with E-state index in [1.807, 2.05) is 61.5 Å². The van der Waals surface area contributed by atoms with Gasteiger partial charge < -0.3 is 14.0 Å². The smallest absolute Gasteiger partial charge is 0.148 e. The molecule has 0 aliphatic carbocycles. The summed E-state index contributed by atoms with van der Waals surface area (Å²) < 4.78 is 14.2. The van der Waals surface area contributed by atoms with Crippen LogP contribution in [-0.4, -0.2) is 16.2 Å². The Hall–Kier alpha value is -3.27. The first-order chi connectivity index (χ1) is 13.7. The molecule has 0 amide bonds. The van der Waals surface area contributed by atoms with Crippen molar-refractivity contribution in [2.45, 2.75) is 27.0 Å². The molecule has 4 heteroatoms. The van der Waals surface area contributed by atoms with Gasteiger partial charge in [0.05, 0.1) is 17.6 Å². The third-order valence-electron chi connectivity index (χ3n) is 4.79. The van der Waals surface area contributed by atoms with Gasteiger partial charge in [-0.2, -0.15) is 0 Å². The Morgan fingerprint density at radius 1 is 0.821 bits per heavy atom. The second-order valence-corrected chi connectivity index (χ2v) is 6.88. The first kappa shape index (κ1) is 18.1. The molecule has 1 aromatic heterocycles. The lowest BCUT2D eigenvalue weighted by Crippen LogP contribution is -2.13. The summed E-state index contributed by atoms with van der Waals surface area (Å²) >= 11 is 0. The molecule has 4 aromatic rings. The fourth-order valence-corrected chi connectivity index (χ4v) is 3.24. The molecule has 0 aliphatic heterocycles. The topological polar surface area (TPSA) is 36.3 Å². The molecule has 0 saturated heterocycles. The summed E-state index contributed by atoms with van der Waals surface area (Å²) in [4.78, 5) is 4.78. The van der Waals surface area contributed by atoms with Crippen molar-refractivity contribution >= 4 is 11.0 Å². The molecule has 4 rings (SSSR count). The summed E-state index contributed by atoms with van der Waals surface area (Å²) in [5, 5.41) is 0.